The van der Waals surface area contributed by atoms with Crippen LogP contribution in [0, 0.1) is 0 Å². The maximum atomic E-state index is 13.9. The average Bonchev–Trinajstić information content (AvgIpc) is 2.82. The maximum Gasteiger partial charge on any atom is 0.157 e. The lowest BCUT2D eigenvalue weighted by Gasteiger charge is -2.22. The van der Waals surface area contributed by atoms with Crippen LogP contribution < -0.4 is 10.6 Å². The Labute approximate surface area is 181 Å². The minimum atomic E-state index is -2.57. The smallest absolute Gasteiger partial charge is 0.157 e. The fourth-order valence-corrected chi connectivity index (χ4v) is 6.58. The summed E-state index contributed by atoms with van der Waals surface area (Å²) in [5.74, 6) is 0. The molecule has 1 saturated heterocycles. The van der Waals surface area contributed by atoms with Crippen LogP contribution in [-0.4, -0.2) is 25.7 Å². The Morgan fingerprint density at radius 2 is 1.50 bits per heavy atom. The molecule has 0 radical (unpaired) electrons. The third-order valence-electron chi connectivity index (χ3n) is 5.56. The molecular weight excluding hydrogens is 391 g/mol. The van der Waals surface area contributed by atoms with Gasteiger partial charge in [-0.3, -0.25) is 0 Å². The van der Waals surface area contributed by atoms with Crippen molar-refractivity contribution in [2.75, 3.05) is 19.4 Å². The van der Waals surface area contributed by atoms with E-state index in [4.69, 9.17) is 9.47 Å². The zero-order valence-corrected chi connectivity index (χ0v) is 18.9. The molecule has 0 N–H and O–H groups in total. The van der Waals surface area contributed by atoms with Crippen molar-refractivity contribution in [3.05, 3.63) is 72.8 Å². The summed E-state index contributed by atoms with van der Waals surface area (Å²) in [6, 6.07) is 19.9. The van der Waals surface area contributed by atoms with Gasteiger partial charge in [-0.05, 0) is 51.4 Å². The molecule has 1 heterocycles. The first kappa shape index (κ1) is 23.0. The van der Waals surface area contributed by atoms with Crippen molar-refractivity contribution in [1.82, 2.24) is 0 Å². The second-order valence-corrected chi connectivity index (χ2v) is 10.9. The molecule has 2 aromatic rings. The highest BCUT2D eigenvalue weighted by Crippen LogP contribution is 2.44. The molecule has 0 aliphatic carbocycles. The highest BCUT2D eigenvalue weighted by Gasteiger charge is 2.26. The summed E-state index contributed by atoms with van der Waals surface area (Å²) in [5, 5.41) is 1.92. The standard InChI is InChI=1S/C26H35O3P/c27-30(24-16-8-6-9-17-24,25-18-10-7-11-19-25)23-15-5-3-1-2-4-13-21-28-26-20-12-14-22-29-26/h1,3,6-11,16-19,26H,2,4-5,12-15,20-23H2/b3-1-. The number of hydrogen-bond acceptors (Lipinski definition) is 3. The third-order valence-corrected chi connectivity index (χ3v) is 8.77. The molecule has 1 aliphatic rings. The number of allylic oxidation sites excluding steroid dienone is 2. The molecule has 2 aromatic carbocycles. The predicted molar refractivity (Wildman–Crippen MR) is 126 cm³/mol. The topological polar surface area (TPSA) is 35.5 Å². The van der Waals surface area contributed by atoms with E-state index in [1.165, 1.54) is 6.42 Å². The van der Waals surface area contributed by atoms with Gasteiger partial charge in [0, 0.05) is 30.0 Å². The minimum absolute atomic E-state index is 0.0270. The van der Waals surface area contributed by atoms with Gasteiger partial charge in [-0.15, -0.1) is 0 Å². The van der Waals surface area contributed by atoms with Gasteiger partial charge in [0.25, 0.3) is 0 Å². The Balaban J connectivity index is 1.37. The van der Waals surface area contributed by atoms with E-state index >= 15 is 0 Å². The molecule has 0 amide bonds. The van der Waals surface area contributed by atoms with Gasteiger partial charge in [-0.2, -0.15) is 0 Å². The van der Waals surface area contributed by atoms with Crippen molar-refractivity contribution < 1.29 is 14.0 Å². The third kappa shape index (κ3) is 7.23. The minimum Gasteiger partial charge on any atom is -0.353 e. The summed E-state index contributed by atoms with van der Waals surface area (Å²) < 4.78 is 25.3. The molecule has 3 rings (SSSR count). The molecule has 0 spiro atoms. The first-order valence-electron chi connectivity index (χ1n) is 11.4. The Morgan fingerprint density at radius 1 is 0.867 bits per heavy atom. The van der Waals surface area contributed by atoms with E-state index in [9.17, 15) is 4.57 Å². The maximum absolute atomic E-state index is 13.9. The fraction of sp³-hybridized carbons (Fsp3) is 0.462. The van der Waals surface area contributed by atoms with Crippen molar-refractivity contribution in [3.8, 4) is 0 Å². The van der Waals surface area contributed by atoms with E-state index in [-0.39, 0.29) is 6.29 Å². The molecule has 0 aromatic heterocycles. The Morgan fingerprint density at radius 3 is 2.10 bits per heavy atom. The van der Waals surface area contributed by atoms with Crippen LogP contribution >= 0.6 is 7.14 Å². The summed E-state index contributed by atoms with van der Waals surface area (Å²) in [6.07, 6.45) is 13.8. The average molecular weight is 427 g/mol. The van der Waals surface area contributed by atoms with Crippen LogP contribution in [0.5, 0.6) is 0 Å². The van der Waals surface area contributed by atoms with Crippen LogP contribution in [0.2, 0.25) is 0 Å². The van der Waals surface area contributed by atoms with Gasteiger partial charge in [0.1, 0.15) is 7.14 Å². The van der Waals surface area contributed by atoms with Crippen LogP contribution in [0.3, 0.4) is 0 Å². The van der Waals surface area contributed by atoms with E-state index in [1.54, 1.807) is 0 Å². The lowest BCUT2D eigenvalue weighted by molar-refractivity contribution is -0.162. The van der Waals surface area contributed by atoms with Gasteiger partial charge in [0.05, 0.1) is 0 Å². The first-order valence-corrected chi connectivity index (χ1v) is 13.3. The van der Waals surface area contributed by atoms with Crippen molar-refractivity contribution in [2.24, 2.45) is 0 Å². The van der Waals surface area contributed by atoms with E-state index in [0.29, 0.717) is 6.16 Å². The highest BCUT2D eigenvalue weighted by molar-refractivity contribution is 7.78. The SMILES string of the molecule is O=P(CCC/C=C\CCCCOC1CCCCO1)(c1ccccc1)c1ccccc1. The van der Waals surface area contributed by atoms with Crippen LogP contribution in [-0.2, 0) is 14.0 Å². The van der Waals surface area contributed by atoms with Crippen molar-refractivity contribution >= 4 is 17.8 Å². The largest absolute Gasteiger partial charge is 0.353 e. The van der Waals surface area contributed by atoms with Crippen LogP contribution in [0.1, 0.15) is 51.4 Å². The molecule has 162 valence electrons. The van der Waals surface area contributed by atoms with E-state index in [2.05, 4.69) is 12.2 Å². The zero-order valence-electron chi connectivity index (χ0n) is 18.0. The molecular formula is C26H35O3P. The molecule has 3 nitrogen and oxygen atoms in total. The monoisotopic (exact) mass is 426 g/mol. The second kappa shape index (κ2) is 12.9. The Kier molecular flexibility index (Phi) is 9.89. The Bertz CT molecular complexity index is 739. The first-order chi connectivity index (χ1) is 14.8. The van der Waals surface area contributed by atoms with Gasteiger partial charge in [0.2, 0.25) is 0 Å². The Hall–Kier alpha value is -1.67. The fourth-order valence-electron chi connectivity index (χ4n) is 3.83. The van der Waals surface area contributed by atoms with Crippen LogP contribution in [0.25, 0.3) is 0 Å². The molecule has 0 bridgehead atoms. The highest BCUT2D eigenvalue weighted by atomic mass is 31.2. The summed E-state index contributed by atoms with van der Waals surface area (Å²) >= 11 is 0. The number of ether oxygens (including phenoxy) is 2. The number of rotatable bonds is 12. The molecule has 30 heavy (non-hydrogen) atoms. The quantitative estimate of drug-likeness (QED) is 0.235. The summed E-state index contributed by atoms with van der Waals surface area (Å²) in [5.41, 5.74) is 0. The molecule has 1 aliphatic heterocycles. The van der Waals surface area contributed by atoms with Crippen LogP contribution in [0.15, 0.2) is 72.8 Å². The van der Waals surface area contributed by atoms with Crippen LogP contribution in [0.4, 0.5) is 0 Å². The lowest BCUT2D eigenvalue weighted by atomic mass is 10.2. The normalized spacial score (nSPS) is 17.4. The van der Waals surface area contributed by atoms with Crippen molar-refractivity contribution in [3.63, 3.8) is 0 Å². The number of unbranched alkanes of at least 4 members (excludes halogenated alkanes) is 3. The van der Waals surface area contributed by atoms with Gasteiger partial charge in [-0.25, -0.2) is 0 Å². The van der Waals surface area contributed by atoms with E-state index in [0.717, 1.165) is 68.8 Å². The van der Waals surface area contributed by atoms with Crippen molar-refractivity contribution in [2.45, 2.75) is 57.7 Å². The molecule has 1 atom stereocenters. The summed E-state index contributed by atoms with van der Waals surface area (Å²) in [7, 11) is -2.57. The molecule has 0 saturated carbocycles. The van der Waals surface area contributed by atoms with Gasteiger partial charge in [-0.1, -0.05) is 72.8 Å². The van der Waals surface area contributed by atoms with Gasteiger partial charge < -0.3 is 14.0 Å². The predicted octanol–water partition coefficient (Wildman–Crippen LogP) is 6.05. The number of hydrogen-bond donors (Lipinski definition) is 0. The summed E-state index contributed by atoms with van der Waals surface area (Å²) in [4.78, 5) is 0. The molecule has 1 unspecified atom stereocenters. The van der Waals surface area contributed by atoms with E-state index < -0.39 is 7.14 Å². The van der Waals surface area contributed by atoms with Crippen molar-refractivity contribution in [1.29, 1.82) is 0 Å². The second-order valence-electron chi connectivity index (χ2n) is 7.91. The van der Waals surface area contributed by atoms with Gasteiger partial charge in [0.15, 0.2) is 6.29 Å². The molecule has 4 heteroatoms. The summed E-state index contributed by atoms with van der Waals surface area (Å²) in [6.45, 7) is 1.63. The van der Waals surface area contributed by atoms with E-state index in [1.807, 2.05) is 60.7 Å². The molecule has 1 fully saturated rings. The lowest BCUT2D eigenvalue weighted by Crippen LogP contribution is -2.22. The van der Waals surface area contributed by atoms with Gasteiger partial charge >= 0.3 is 0 Å². The zero-order chi connectivity index (χ0) is 20.9. The number of benzene rings is 2.